The third-order valence-electron chi connectivity index (χ3n) is 8.12. The molecular formula is C28H38F2N10O4. The molecule has 1 atom stereocenters. The molecule has 2 aromatic heterocycles. The molecule has 14 nitrogen and oxygen atoms in total. The van der Waals surface area contributed by atoms with E-state index in [1.165, 1.54) is 12.3 Å². The van der Waals surface area contributed by atoms with Crippen LogP contribution in [0.1, 0.15) is 31.9 Å². The number of ether oxygens (including phenoxy) is 2. The maximum Gasteiger partial charge on any atom is 0.281 e. The summed E-state index contributed by atoms with van der Waals surface area (Å²) in [6.45, 7) is 10.5. The van der Waals surface area contributed by atoms with E-state index >= 15 is 0 Å². The van der Waals surface area contributed by atoms with Crippen molar-refractivity contribution in [2.45, 2.75) is 32.2 Å². The molecule has 238 valence electrons. The van der Waals surface area contributed by atoms with Crippen LogP contribution in [0.25, 0.3) is 11.4 Å². The zero-order valence-electron chi connectivity index (χ0n) is 24.8. The molecule has 2 N–H and O–H groups in total. The lowest BCUT2D eigenvalue weighted by molar-refractivity contribution is -0.137. The van der Waals surface area contributed by atoms with Gasteiger partial charge in [0.2, 0.25) is 29.7 Å². The van der Waals surface area contributed by atoms with Crippen LogP contribution in [-0.2, 0) is 19.1 Å². The number of aromatic nitrogens is 5. The fourth-order valence-electron chi connectivity index (χ4n) is 5.53. The van der Waals surface area contributed by atoms with Gasteiger partial charge in [-0.1, -0.05) is 6.58 Å². The molecule has 3 saturated heterocycles. The minimum absolute atomic E-state index is 0.0191. The average Bonchev–Trinajstić information content (AvgIpc) is 3.04. The average molecular weight is 617 g/mol. The number of nitrogen functional groups attached to an aromatic ring is 1. The van der Waals surface area contributed by atoms with Gasteiger partial charge in [-0.15, -0.1) is 0 Å². The number of hydrogen-bond donors (Lipinski definition) is 1. The number of piperazine rings is 1. The van der Waals surface area contributed by atoms with E-state index in [4.69, 9.17) is 20.2 Å². The van der Waals surface area contributed by atoms with E-state index in [1.807, 2.05) is 16.7 Å². The van der Waals surface area contributed by atoms with Crippen LogP contribution in [0, 0.1) is 5.92 Å². The number of carbonyl (C=O) groups is 2. The quantitative estimate of drug-likeness (QED) is 0.402. The number of nitrogens with two attached hydrogens (primary N) is 1. The summed E-state index contributed by atoms with van der Waals surface area (Å²) in [6, 6.07) is -0.0410. The van der Waals surface area contributed by atoms with Crippen LogP contribution in [0.4, 0.5) is 26.6 Å². The molecule has 3 aliphatic rings. The number of morpholine rings is 1. The normalized spacial score (nSPS) is 19.9. The molecule has 5 rings (SSSR count). The Hall–Kier alpha value is -4.05. The number of rotatable bonds is 9. The van der Waals surface area contributed by atoms with E-state index in [0.717, 1.165) is 12.8 Å². The maximum absolute atomic E-state index is 13.9. The zero-order chi connectivity index (χ0) is 31.2. The number of anilines is 3. The molecule has 2 aromatic rings. The third kappa shape index (κ3) is 7.35. The van der Waals surface area contributed by atoms with Gasteiger partial charge >= 0.3 is 0 Å². The number of likely N-dealkylation sites (tertiary alicyclic amines) is 1. The van der Waals surface area contributed by atoms with E-state index < -0.39 is 12.1 Å². The van der Waals surface area contributed by atoms with E-state index in [1.54, 1.807) is 9.80 Å². The van der Waals surface area contributed by atoms with E-state index in [2.05, 4.69) is 26.5 Å². The van der Waals surface area contributed by atoms with Gasteiger partial charge < -0.3 is 34.8 Å². The first kappa shape index (κ1) is 31.4. The topological polar surface area (TPSA) is 156 Å². The van der Waals surface area contributed by atoms with Crippen LogP contribution >= 0.6 is 0 Å². The number of alkyl halides is 2. The lowest BCUT2D eigenvalue weighted by Gasteiger charge is -2.36. The van der Waals surface area contributed by atoms with Crippen LogP contribution in [0.3, 0.4) is 0 Å². The third-order valence-corrected chi connectivity index (χ3v) is 8.12. The van der Waals surface area contributed by atoms with Crippen LogP contribution < -0.4 is 15.5 Å². The van der Waals surface area contributed by atoms with Crippen molar-refractivity contribution in [3.63, 3.8) is 0 Å². The van der Waals surface area contributed by atoms with Crippen molar-refractivity contribution >= 4 is 29.7 Å². The molecule has 0 aromatic carbocycles. The highest BCUT2D eigenvalue weighted by atomic mass is 19.3. The Balaban J connectivity index is 1.23. The van der Waals surface area contributed by atoms with Crippen molar-refractivity contribution in [1.29, 1.82) is 0 Å². The predicted octanol–water partition coefficient (Wildman–Crippen LogP) is 1.16. The highest BCUT2D eigenvalue weighted by Gasteiger charge is 2.29. The molecular weight excluding hydrogens is 578 g/mol. The molecule has 2 amide bonds. The second-order valence-corrected chi connectivity index (χ2v) is 11.1. The van der Waals surface area contributed by atoms with E-state index in [9.17, 15) is 18.4 Å². The van der Waals surface area contributed by atoms with E-state index in [-0.39, 0.29) is 41.8 Å². The monoisotopic (exact) mass is 616 g/mol. The Morgan fingerprint density at radius 2 is 1.80 bits per heavy atom. The van der Waals surface area contributed by atoms with Crippen molar-refractivity contribution in [3.8, 4) is 11.4 Å². The molecule has 0 bridgehead atoms. The summed E-state index contributed by atoms with van der Waals surface area (Å²) in [7, 11) is 0. The Morgan fingerprint density at radius 1 is 1.07 bits per heavy atom. The molecule has 44 heavy (non-hydrogen) atoms. The molecule has 5 heterocycles. The summed E-state index contributed by atoms with van der Waals surface area (Å²) in [6.07, 6.45) is 1.28. The van der Waals surface area contributed by atoms with Gasteiger partial charge in [0.1, 0.15) is 12.3 Å². The molecule has 0 aliphatic carbocycles. The molecule has 16 heteroatoms. The fraction of sp³-hybridized carbons (Fsp3) is 0.607. The van der Waals surface area contributed by atoms with Crippen LogP contribution in [-0.4, -0.2) is 125 Å². The van der Waals surface area contributed by atoms with Gasteiger partial charge in [-0.2, -0.15) is 15.0 Å². The molecule has 3 aliphatic heterocycles. The number of piperidine rings is 1. The largest absolute Gasteiger partial charge is 0.377 e. The standard InChI is InChI=1S/C28H38F2N10O4/c1-3-21(41)37-6-4-19(5-7-37)16-44-17-22(42)38-8-10-39(11-9-38)27-34-25(20-14-32-26(31)33-23(20)24(29)30)35-28(36-27)40-12-13-43-15-18(40)2/h3,14,18-19,24H,1,4-13,15-17H2,2H3,(H2,31,32,33). The van der Waals surface area contributed by atoms with Crippen molar-refractivity contribution in [3.05, 3.63) is 24.5 Å². The number of amides is 2. The van der Waals surface area contributed by atoms with Crippen LogP contribution in [0.15, 0.2) is 18.9 Å². The minimum Gasteiger partial charge on any atom is -0.377 e. The van der Waals surface area contributed by atoms with Gasteiger partial charge in [0.25, 0.3) is 6.43 Å². The van der Waals surface area contributed by atoms with Crippen molar-refractivity contribution in [2.24, 2.45) is 5.92 Å². The second-order valence-electron chi connectivity index (χ2n) is 11.1. The second kappa shape index (κ2) is 14.2. The first-order valence-electron chi connectivity index (χ1n) is 14.8. The SMILES string of the molecule is C=CC(=O)N1CCC(COCC(=O)N2CCN(c3nc(-c4cnc(N)nc4C(F)F)nc(N4CCOCC4C)n3)CC2)CC1. The van der Waals surface area contributed by atoms with Gasteiger partial charge in [-0.25, -0.2) is 18.7 Å². The summed E-state index contributed by atoms with van der Waals surface area (Å²) < 4.78 is 39.1. The summed E-state index contributed by atoms with van der Waals surface area (Å²) in [4.78, 5) is 53.5. The summed E-state index contributed by atoms with van der Waals surface area (Å²) in [5.74, 6) is 0.530. The van der Waals surface area contributed by atoms with Crippen LogP contribution in [0.2, 0.25) is 0 Å². The first-order chi connectivity index (χ1) is 21.2. The molecule has 1 unspecified atom stereocenters. The maximum atomic E-state index is 13.9. The van der Waals surface area contributed by atoms with Gasteiger partial charge in [-0.3, -0.25) is 9.59 Å². The summed E-state index contributed by atoms with van der Waals surface area (Å²) in [5.41, 5.74) is 5.01. The number of nitrogens with zero attached hydrogens (tertiary/aromatic N) is 9. The van der Waals surface area contributed by atoms with Crippen LogP contribution in [0.5, 0.6) is 0 Å². The number of hydrogen-bond acceptors (Lipinski definition) is 12. The minimum atomic E-state index is -2.91. The lowest BCUT2D eigenvalue weighted by atomic mass is 9.98. The highest BCUT2D eigenvalue weighted by molar-refractivity contribution is 5.87. The van der Waals surface area contributed by atoms with Crippen molar-refractivity contribution in [1.82, 2.24) is 34.7 Å². The van der Waals surface area contributed by atoms with Gasteiger partial charge in [0.15, 0.2) is 5.82 Å². The number of carbonyl (C=O) groups excluding carboxylic acids is 2. The van der Waals surface area contributed by atoms with E-state index in [0.29, 0.717) is 83.4 Å². The molecule has 0 saturated carbocycles. The predicted molar refractivity (Wildman–Crippen MR) is 157 cm³/mol. The summed E-state index contributed by atoms with van der Waals surface area (Å²) >= 11 is 0. The Labute approximate surface area is 254 Å². The summed E-state index contributed by atoms with van der Waals surface area (Å²) in [5, 5.41) is 0. The molecule has 3 fully saturated rings. The lowest BCUT2D eigenvalue weighted by Crippen LogP contribution is -2.50. The Kier molecular flexibility index (Phi) is 10.1. The molecule has 0 radical (unpaired) electrons. The van der Waals surface area contributed by atoms with Gasteiger partial charge in [0.05, 0.1) is 31.4 Å². The van der Waals surface area contributed by atoms with Gasteiger partial charge in [0, 0.05) is 52.0 Å². The van der Waals surface area contributed by atoms with Gasteiger partial charge in [-0.05, 0) is 31.8 Å². The van der Waals surface area contributed by atoms with Crippen molar-refractivity contribution in [2.75, 3.05) is 87.8 Å². The highest BCUT2D eigenvalue weighted by Crippen LogP contribution is 2.30. The smallest absolute Gasteiger partial charge is 0.281 e. The fourth-order valence-corrected chi connectivity index (χ4v) is 5.53. The Bertz CT molecular complexity index is 1340. The number of halogens is 2. The Morgan fingerprint density at radius 3 is 2.48 bits per heavy atom. The van der Waals surface area contributed by atoms with Crippen molar-refractivity contribution < 1.29 is 27.8 Å². The molecule has 0 spiro atoms. The zero-order valence-corrected chi connectivity index (χ0v) is 24.8. The first-order valence-corrected chi connectivity index (χ1v) is 14.8.